The number of carbonyl (C=O) groups excluding carboxylic acids is 2. The van der Waals surface area contributed by atoms with Gasteiger partial charge in [-0.15, -0.1) is 0 Å². The van der Waals surface area contributed by atoms with Gasteiger partial charge in [0, 0.05) is 18.6 Å². The van der Waals surface area contributed by atoms with Gasteiger partial charge in [-0.3, -0.25) is 4.79 Å². The number of rotatable bonds is 8. The van der Waals surface area contributed by atoms with Crippen LogP contribution in [-0.2, 0) is 28.5 Å². The van der Waals surface area contributed by atoms with Gasteiger partial charge in [-0.2, -0.15) is 0 Å². The zero-order chi connectivity index (χ0) is 26.9. The van der Waals surface area contributed by atoms with Crippen LogP contribution in [0.2, 0.25) is 0 Å². The number of hydrogen-bond acceptors (Lipinski definition) is 12. The molecule has 204 valence electrons. The Kier molecular flexibility index (Phi) is 8.36. The van der Waals surface area contributed by atoms with Gasteiger partial charge >= 0.3 is 11.9 Å². The number of esters is 2. The van der Waals surface area contributed by atoms with Crippen molar-refractivity contribution in [2.24, 2.45) is 23.7 Å². The first-order chi connectivity index (χ1) is 17.6. The minimum absolute atomic E-state index is 0.0985. The van der Waals surface area contributed by atoms with E-state index in [1.807, 2.05) is 6.92 Å². The maximum atomic E-state index is 12.4. The summed E-state index contributed by atoms with van der Waals surface area (Å²) < 4.78 is 21.7. The highest BCUT2D eigenvalue weighted by Gasteiger charge is 2.55. The normalized spacial score (nSPS) is 37.5. The smallest absolute Gasteiger partial charge is 0.330 e. The molecule has 12 heteroatoms. The number of phenolic OH excluding ortho intramolecular Hbond substituents is 2. The number of aromatic hydroxyl groups is 2. The number of carbonyl (C=O) groups is 2. The quantitative estimate of drug-likeness (QED) is 0.142. The first-order valence-corrected chi connectivity index (χ1v) is 12.1. The lowest BCUT2D eigenvalue weighted by atomic mass is 9.83. The number of fused-ring (bicyclic) bond motifs is 1. The van der Waals surface area contributed by atoms with Gasteiger partial charge in [-0.05, 0) is 42.0 Å². The molecule has 2 heterocycles. The first-order valence-electron chi connectivity index (χ1n) is 12.1. The molecule has 0 aromatic heterocycles. The standard InChI is InChI=1S/C25H32O12/c1-11-6-17-20(13(11)8-26)14(24(33)36-17)9-35-25-23(32)22(31)21(30)18(37-25)10-34-19(29)5-3-12-2-4-15(27)16(28)7-12/h2-5,7,11,13-14,17-18,20-23,25-28,30-32H,6,8-10H2,1H3. The Hall–Kier alpha value is -2.74. The summed E-state index contributed by atoms with van der Waals surface area (Å²) in [6.07, 6.45) is -4.83. The van der Waals surface area contributed by atoms with Crippen LogP contribution in [-0.4, -0.2) is 99.2 Å². The van der Waals surface area contributed by atoms with Gasteiger partial charge in [0.25, 0.3) is 0 Å². The number of aliphatic hydroxyl groups excluding tert-OH is 4. The van der Waals surface area contributed by atoms with Gasteiger partial charge in [-0.25, -0.2) is 4.79 Å². The van der Waals surface area contributed by atoms with Crippen molar-refractivity contribution in [2.75, 3.05) is 19.8 Å². The SMILES string of the molecule is CC1CC2OC(=O)C(COC3OC(COC(=O)C=Cc4ccc(O)c(O)c4)C(O)C(O)C3O)C2C1CO. The molecule has 12 nitrogen and oxygen atoms in total. The Labute approximate surface area is 212 Å². The molecule has 4 rings (SSSR count). The summed E-state index contributed by atoms with van der Waals surface area (Å²) in [7, 11) is 0. The van der Waals surface area contributed by atoms with Crippen molar-refractivity contribution in [2.45, 2.75) is 50.2 Å². The number of hydrogen-bond donors (Lipinski definition) is 6. The van der Waals surface area contributed by atoms with Gasteiger partial charge < -0.3 is 49.6 Å². The molecule has 1 aromatic rings. The van der Waals surface area contributed by atoms with Crippen LogP contribution in [0.5, 0.6) is 11.5 Å². The third-order valence-corrected chi connectivity index (χ3v) is 7.41. The van der Waals surface area contributed by atoms with Crippen LogP contribution in [0.15, 0.2) is 24.3 Å². The lowest BCUT2D eigenvalue weighted by Gasteiger charge is -2.40. The highest BCUT2D eigenvalue weighted by atomic mass is 16.7. The second-order valence-corrected chi connectivity index (χ2v) is 9.78. The fraction of sp³-hybridized carbons (Fsp3) is 0.600. The molecule has 3 fully saturated rings. The van der Waals surface area contributed by atoms with E-state index in [4.69, 9.17) is 18.9 Å². The van der Waals surface area contributed by atoms with E-state index in [9.17, 15) is 40.2 Å². The van der Waals surface area contributed by atoms with Crippen LogP contribution >= 0.6 is 0 Å². The molecule has 2 saturated heterocycles. The van der Waals surface area contributed by atoms with Crippen LogP contribution in [0.3, 0.4) is 0 Å². The average molecular weight is 525 g/mol. The molecule has 0 bridgehead atoms. The maximum absolute atomic E-state index is 12.4. The van der Waals surface area contributed by atoms with Crippen molar-refractivity contribution < 1.29 is 59.2 Å². The van der Waals surface area contributed by atoms with E-state index in [2.05, 4.69) is 0 Å². The lowest BCUT2D eigenvalue weighted by molar-refractivity contribution is -0.303. The average Bonchev–Trinajstić information content (AvgIpc) is 3.33. The Bertz CT molecular complexity index is 1010. The molecule has 10 unspecified atom stereocenters. The Morgan fingerprint density at radius 2 is 1.86 bits per heavy atom. The van der Waals surface area contributed by atoms with E-state index in [1.54, 1.807) is 0 Å². The number of aliphatic hydroxyl groups is 4. The Morgan fingerprint density at radius 1 is 1.11 bits per heavy atom. The molecule has 2 aliphatic heterocycles. The van der Waals surface area contributed by atoms with Crippen molar-refractivity contribution in [3.8, 4) is 11.5 Å². The van der Waals surface area contributed by atoms with E-state index >= 15 is 0 Å². The molecule has 37 heavy (non-hydrogen) atoms. The Morgan fingerprint density at radius 3 is 2.57 bits per heavy atom. The third kappa shape index (κ3) is 5.74. The summed E-state index contributed by atoms with van der Waals surface area (Å²) in [6.45, 7) is 1.21. The fourth-order valence-corrected chi connectivity index (χ4v) is 5.32. The molecule has 1 saturated carbocycles. The van der Waals surface area contributed by atoms with E-state index in [0.29, 0.717) is 12.0 Å². The molecular formula is C25H32O12. The number of phenols is 2. The van der Waals surface area contributed by atoms with Gasteiger partial charge in [0.2, 0.25) is 0 Å². The predicted octanol–water partition coefficient (Wildman–Crippen LogP) is -0.716. The summed E-state index contributed by atoms with van der Waals surface area (Å²) in [5, 5.41) is 59.5. The number of ether oxygens (including phenoxy) is 4. The first kappa shape index (κ1) is 27.3. The largest absolute Gasteiger partial charge is 0.504 e. The zero-order valence-electron chi connectivity index (χ0n) is 20.1. The molecule has 6 N–H and O–H groups in total. The molecule has 10 atom stereocenters. The summed E-state index contributed by atoms with van der Waals surface area (Å²) in [6, 6.07) is 3.95. The minimum atomic E-state index is -1.67. The van der Waals surface area contributed by atoms with Crippen molar-refractivity contribution in [1.82, 2.24) is 0 Å². The van der Waals surface area contributed by atoms with Crippen LogP contribution in [0.4, 0.5) is 0 Å². The summed E-state index contributed by atoms with van der Waals surface area (Å²) in [5.74, 6) is -2.86. The summed E-state index contributed by atoms with van der Waals surface area (Å²) >= 11 is 0. The molecule has 0 amide bonds. The van der Waals surface area contributed by atoms with E-state index < -0.39 is 55.2 Å². The highest BCUT2D eigenvalue weighted by molar-refractivity contribution is 5.87. The second-order valence-electron chi connectivity index (χ2n) is 9.78. The molecule has 0 spiro atoms. The van der Waals surface area contributed by atoms with Crippen molar-refractivity contribution in [3.63, 3.8) is 0 Å². The van der Waals surface area contributed by atoms with Crippen molar-refractivity contribution in [1.29, 1.82) is 0 Å². The molecule has 0 radical (unpaired) electrons. The summed E-state index contributed by atoms with van der Waals surface area (Å²) in [5.41, 5.74) is 0.418. The van der Waals surface area contributed by atoms with Gasteiger partial charge in [0.05, 0.1) is 12.5 Å². The molecular weight excluding hydrogens is 492 g/mol. The van der Waals surface area contributed by atoms with E-state index in [0.717, 1.165) is 6.08 Å². The third-order valence-electron chi connectivity index (χ3n) is 7.41. The monoisotopic (exact) mass is 524 g/mol. The van der Waals surface area contributed by atoms with Gasteiger partial charge in [0.1, 0.15) is 37.1 Å². The number of benzene rings is 1. The maximum Gasteiger partial charge on any atom is 0.330 e. The van der Waals surface area contributed by atoms with Crippen molar-refractivity contribution >= 4 is 18.0 Å². The molecule has 1 aromatic carbocycles. The lowest BCUT2D eigenvalue weighted by Crippen LogP contribution is -2.59. The van der Waals surface area contributed by atoms with Crippen LogP contribution in [0, 0.1) is 23.7 Å². The molecule has 3 aliphatic rings. The topological polar surface area (TPSA) is 192 Å². The highest BCUT2D eigenvalue weighted by Crippen LogP contribution is 2.47. The molecule has 1 aliphatic carbocycles. The Balaban J connectivity index is 1.33. The second kappa shape index (κ2) is 11.3. The van der Waals surface area contributed by atoms with Crippen LogP contribution in [0.25, 0.3) is 6.08 Å². The van der Waals surface area contributed by atoms with Crippen LogP contribution in [0.1, 0.15) is 18.9 Å². The zero-order valence-corrected chi connectivity index (χ0v) is 20.1. The van der Waals surface area contributed by atoms with E-state index in [-0.39, 0.29) is 48.6 Å². The van der Waals surface area contributed by atoms with Crippen LogP contribution < -0.4 is 0 Å². The minimum Gasteiger partial charge on any atom is -0.504 e. The van der Waals surface area contributed by atoms with E-state index in [1.165, 1.54) is 24.3 Å². The fourth-order valence-electron chi connectivity index (χ4n) is 5.32. The summed E-state index contributed by atoms with van der Waals surface area (Å²) in [4.78, 5) is 24.5. The van der Waals surface area contributed by atoms with Crippen molar-refractivity contribution in [3.05, 3.63) is 29.8 Å². The van der Waals surface area contributed by atoms with Gasteiger partial charge in [-0.1, -0.05) is 13.0 Å². The predicted molar refractivity (Wildman–Crippen MR) is 124 cm³/mol. The van der Waals surface area contributed by atoms with Gasteiger partial charge in [0.15, 0.2) is 17.8 Å².